The van der Waals surface area contributed by atoms with Crippen LogP contribution in [-0.4, -0.2) is 29.6 Å². The van der Waals surface area contributed by atoms with Crippen LogP contribution in [0.2, 0.25) is 0 Å². The Morgan fingerprint density at radius 3 is 2.45 bits per heavy atom. The van der Waals surface area contributed by atoms with Crippen molar-refractivity contribution in [2.75, 3.05) is 6.73 Å². The van der Waals surface area contributed by atoms with E-state index in [1.165, 1.54) is 0 Å². The van der Waals surface area contributed by atoms with Gasteiger partial charge in [0.2, 0.25) is 5.91 Å². The van der Waals surface area contributed by atoms with E-state index in [2.05, 4.69) is 29.6 Å². The number of nitrogens with one attached hydrogen (secondary N) is 1. The second-order valence-electron chi connectivity index (χ2n) is 8.32. The number of benzene rings is 3. The number of ether oxygens (including phenoxy) is 1. The number of imide groups is 1. The number of carbonyl (C=O) groups excluding carboxylic acids is 2. The molecule has 3 amide bonds. The molecule has 5 heteroatoms. The van der Waals surface area contributed by atoms with Crippen LogP contribution in [0.15, 0.2) is 72.8 Å². The minimum atomic E-state index is -0.707. The SMILES string of the molecule is CCC1(C)C(=O)NC(=O)N(COCc2ccccc2)C1Cc1cccc2ccccc12. The van der Waals surface area contributed by atoms with Gasteiger partial charge in [-0.25, -0.2) is 4.79 Å². The summed E-state index contributed by atoms with van der Waals surface area (Å²) < 4.78 is 5.91. The lowest BCUT2D eigenvalue weighted by Crippen LogP contribution is -2.65. The number of rotatable bonds is 7. The zero-order valence-electron chi connectivity index (χ0n) is 18.0. The number of fused-ring (bicyclic) bond motifs is 1. The molecule has 0 aliphatic carbocycles. The van der Waals surface area contributed by atoms with Crippen LogP contribution in [0, 0.1) is 5.41 Å². The van der Waals surface area contributed by atoms with Gasteiger partial charge in [-0.3, -0.25) is 15.0 Å². The summed E-state index contributed by atoms with van der Waals surface area (Å²) in [7, 11) is 0. The van der Waals surface area contributed by atoms with E-state index in [1.54, 1.807) is 4.90 Å². The summed E-state index contributed by atoms with van der Waals surface area (Å²) in [5.74, 6) is -0.218. The molecule has 0 spiro atoms. The Labute approximate surface area is 183 Å². The van der Waals surface area contributed by atoms with E-state index in [1.807, 2.05) is 62.4 Å². The molecule has 0 radical (unpaired) electrons. The van der Waals surface area contributed by atoms with E-state index in [0.29, 0.717) is 19.4 Å². The highest BCUT2D eigenvalue weighted by Gasteiger charge is 2.49. The molecule has 3 aromatic carbocycles. The predicted molar refractivity (Wildman–Crippen MR) is 121 cm³/mol. The highest BCUT2D eigenvalue weighted by molar-refractivity contribution is 6.00. The normalized spacial score (nSPS) is 21.4. The number of carbonyl (C=O) groups is 2. The topological polar surface area (TPSA) is 58.6 Å². The van der Waals surface area contributed by atoms with Crippen molar-refractivity contribution in [3.63, 3.8) is 0 Å². The number of nitrogens with zero attached hydrogens (tertiary/aromatic N) is 1. The first-order valence-electron chi connectivity index (χ1n) is 10.7. The van der Waals surface area contributed by atoms with Gasteiger partial charge in [0.1, 0.15) is 6.73 Å². The molecule has 1 heterocycles. The Kier molecular flexibility index (Phi) is 6.05. The summed E-state index contributed by atoms with van der Waals surface area (Å²) in [6.45, 7) is 4.46. The predicted octanol–water partition coefficient (Wildman–Crippen LogP) is 4.89. The van der Waals surface area contributed by atoms with Gasteiger partial charge in [0, 0.05) is 0 Å². The third-order valence-corrected chi connectivity index (χ3v) is 6.48. The maximum atomic E-state index is 12.9. The Morgan fingerprint density at radius 1 is 0.968 bits per heavy atom. The van der Waals surface area contributed by atoms with Gasteiger partial charge in [-0.15, -0.1) is 0 Å². The van der Waals surface area contributed by atoms with E-state index < -0.39 is 11.4 Å². The first-order chi connectivity index (χ1) is 15.0. The summed E-state index contributed by atoms with van der Waals surface area (Å²) >= 11 is 0. The molecule has 5 nitrogen and oxygen atoms in total. The van der Waals surface area contributed by atoms with E-state index in [-0.39, 0.29) is 18.7 Å². The minimum Gasteiger partial charge on any atom is -0.356 e. The maximum Gasteiger partial charge on any atom is 0.326 e. The average molecular weight is 417 g/mol. The summed E-state index contributed by atoms with van der Waals surface area (Å²) in [5.41, 5.74) is 1.46. The van der Waals surface area contributed by atoms with Crippen LogP contribution < -0.4 is 5.32 Å². The third-order valence-electron chi connectivity index (χ3n) is 6.48. The number of hydrogen-bond acceptors (Lipinski definition) is 3. The number of amides is 3. The fourth-order valence-corrected chi connectivity index (χ4v) is 4.34. The smallest absolute Gasteiger partial charge is 0.326 e. The molecule has 31 heavy (non-hydrogen) atoms. The number of urea groups is 1. The Balaban J connectivity index is 1.62. The Morgan fingerprint density at radius 2 is 1.68 bits per heavy atom. The van der Waals surface area contributed by atoms with Gasteiger partial charge in [-0.05, 0) is 41.7 Å². The number of hydrogen-bond donors (Lipinski definition) is 1. The molecule has 2 unspecified atom stereocenters. The van der Waals surface area contributed by atoms with Gasteiger partial charge < -0.3 is 4.74 Å². The lowest BCUT2D eigenvalue weighted by atomic mass is 9.74. The van der Waals surface area contributed by atoms with Crippen molar-refractivity contribution >= 4 is 22.7 Å². The Bertz CT molecular complexity index is 1080. The van der Waals surface area contributed by atoms with Crippen molar-refractivity contribution in [1.82, 2.24) is 10.2 Å². The lowest BCUT2D eigenvalue weighted by Gasteiger charge is -2.46. The monoisotopic (exact) mass is 416 g/mol. The van der Waals surface area contributed by atoms with Crippen LogP contribution in [0.5, 0.6) is 0 Å². The van der Waals surface area contributed by atoms with E-state index in [9.17, 15) is 9.59 Å². The fourth-order valence-electron chi connectivity index (χ4n) is 4.34. The van der Waals surface area contributed by atoms with Gasteiger partial charge in [0.15, 0.2) is 0 Å². The van der Waals surface area contributed by atoms with Gasteiger partial charge in [0.25, 0.3) is 0 Å². The van der Waals surface area contributed by atoms with Gasteiger partial charge in [0.05, 0.1) is 18.1 Å². The zero-order valence-corrected chi connectivity index (χ0v) is 18.0. The highest BCUT2D eigenvalue weighted by atomic mass is 16.5. The molecule has 4 rings (SSSR count). The van der Waals surface area contributed by atoms with Gasteiger partial charge >= 0.3 is 6.03 Å². The summed E-state index contributed by atoms with van der Waals surface area (Å²) in [4.78, 5) is 27.4. The van der Waals surface area contributed by atoms with E-state index >= 15 is 0 Å². The quantitative estimate of drug-likeness (QED) is 0.596. The van der Waals surface area contributed by atoms with Gasteiger partial charge in [-0.1, -0.05) is 79.7 Å². The average Bonchev–Trinajstić information content (AvgIpc) is 2.80. The van der Waals surface area contributed by atoms with Crippen LogP contribution in [-0.2, 0) is 22.6 Å². The second kappa shape index (κ2) is 8.90. The van der Waals surface area contributed by atoms with E-state index in [0.717, 1.165) is 21.9 Å². The van der Waals surface area contributed by atoms with Crippen LogP contribution >= 0.6 is 0 Å². The first-order valence-corrected chi connectivity index (χ1v) is 10.7. The molecule has 0 aromatic heterocycles. The molecule has 3 aromatic rings. The molecule has 2 atom stereocenters. The molecule has 1 saturated heterocycles. The van der Waals surface area contributed by atoms with Crippen LogP contribution in [0.25, 0.3) is 10.8 Å². The second-order valence-corrected chi connectivity index (χ2v) is 8.32. The molecule has 0 bridgehead atoms. The highest BCUT2D eigenvalue weighted by Crippen LogP contribution is 2.36. The molecule has 1 fully saturated rings. The van der Waals surface area contributed by atoms with Crippen molar-refractivity contribution in [3.05, 3.63) is 83.9 Å². The molecule has 0 saturated carbocycles. The van der Waals surface area contributed by atoms with E-state index in [4.69, 9.17) is 4.74 Å². The summed E-state index contributed by atoms with van der Waals surface area (Å²) in [6.07, 6.45) is 1.20. The summed E-state index contributed by atoms with van der Waals surface area (Å²) in [6, 6.07) is 23.6. The van der Waals surface area contributed by atoms with Crippen molar-refractivity contribution < 1.29 is 14.3 Å². The molecular formula is C26H28N2O3. The molecule has 1 aliphatic heterocycles. The Hall–Kier alpha value is -3.18. The van der Waals surface area contributed by atoms with Crippen LogP contribution in [0.1, 0.15) is 31.4 Å². The largest absolute Gasteiger partial charge is 0.356 e. The van der Waals surface area contributed by atoms with Crippen LogP contribution in [0.3, 0.4) is 0 Å². The van der Waals surface area contributed by atoms with Gasteiger partial charge in [-0.2, -0.15) is 0 Å². The third kappa shape index (κ3) is 4.19. The first kappa shape index (κ1) is 21.1. The fraction of sp³-hybridized carbons (Fsp3) is 0.308. The maximum absolute atomic E-state index is 12.9. The lowest BCUT2D eigenvalue weighted by molar-refractivity contribution is -0.138. The molecular weight excluding hydrogens is 388 g/mol. The van der Waals surface area contributed by atoms with Crippen molar-refractivity contribution in [2.45, 2.75) is 39.3 Å². The van der Waals surface area contributed by atoms with Crippen molar-refractivity contribution in [2.24, 2.45) is 5.41 Å². The molecule has 160 valence electrons. The molecule has 1 aliphatic rings. The van der Waals surface area contributed by atoms with Crippen molar-refractivity contribution in [3.8, 4) is 0 Å². The summed E-state index contributed by atoms with van der Waals surface area (Å²) in [5, 5.41) is 4.84. The standard InChI is InChI=1S/C26H28N2O3/c1-3-26(2)23(16-21-14-9-13-20-12-7-8-15-22(20)21)28(25(30)27-24(26)29)18-31-17-19-10-5-4-6-11-19/h4-15,23H,3,16-18H2,1-2H3,(H,27,29,30). The molecule has 1 N–H and O–H groups in total. The minimum absolute atomic E-state index is 0.124. The van der Waals surface area contributed by atoms with Crippen LogP contribution in [0.4, 0.5) is 4.79 Å². The van der Waals surface area contributed by atoms with Crippen molar-refractivity contribution in [1.29, 1.82) is 0 Å². The zero-order chi connectivity index (χ0) is 21.8.